The lowest BCUT2D eigenvalue weighted by atomic mass is 10.0. The maximum atomic E-state index is 12.5. The summed E-state index contributed by atoms with van der Waals surface area (Å²) in [7, 11) is -3.25. The monoisotopic (exact) mass is 448 g/mol. The average Bonchev–Trinajstić information content (AvgIpc) is 3.15. The molecule has 1 aliphatic rings. The van der Waals surface area contributed by atoms with E-state index in [1.807, 2.05) is 31.2 Å². The van der Waals surface area contributed by atoms with Crippen LogP contribution in [-0.4, -0.2) is 43.1 Å². The largest absolute Gasteiger partial charge is 0.348 e. The highest BCUT2D eigenvalue weighted by atomic mass is 35.5. The maximum absolute atomic E-state index is 12.5. The summed E-state index contributed by atoms with van der Waals surface area (Å²) >= 11 is 6.41. The van der Waals surface area contributed by atoms with Crippen molar-refractivity contribution in [2.45, 2.75) is 38.8 Å². The molecular weight excluding hydrogens is 424 g/mol. The van der Waals surface area contributed by atoms with Crippen LogP contribution in [0.25, 0.3) is 0 Å². The zero-order valence-electron chi connectivity index (χ0n) is 17.2. The van der Waals surface area contributed by atoms with E-state index >= 15 is 0 Å². The van der Waals surface area contributed by atoms with Gasteiger partial charge in [0, 0.05) is 29.3 Å². The fraction of sp³-hybridized carbons (Fsp3) is 0.381. The molecule has 30 heavy (non-hydrogen) atoms. The Morgan fingerprint density at radius 1 is 1.37 bits per heavy atom. The minimum Gasteiger partial charge on any atom is -0.348 e. The summed E-state index contributed by atoms with van der Waals surface area (Å²) in [5, 5.41) is 4.50. The minimum atomic E-state index is -3.25. The first-order valence-corrected chi connectivity index (χ1v) is 12.0. The second kappa shape index (κ2) is 9.14. The van der Waals surface area contributed by atoms with Crippen molar-refractivity contribution in [1.29, 1.82) is 0 Å². The molecule has 0 saturated carbocycles. The Labute approximate surface area is 182 Å². The number of hydrogen-bond donors (Lipinski definition) is 1. The molecule has 160 valence electrons. The standard InChI is InChI=1S/C21H25ClN4O3S/c1-14(10-12-30(3,28)29)24-21(27)18-13-23-20(15(2)25-18)26-11-6-9-19(26)16-7-4-5-8-17(16)22/h4-5,7-8,10,12-14,19H,6,9,11H2,1-3H3,(H,24,27)/b12-10+/t14-,19+/m1/s1. The van der Waals surface area contributed by atoms with Gasteiger partial charge in [0.1, 0.15) is 5.69 Å². The van der Waals surface area contributed by atoms with E-state index in [1.165, 1.54) is 12.3 Å². The Kier molecular flexibility index (Phi) is 6.77. The van der Waals surface area contributed by atoms with Crippen molar-refractivity contribution >= 4 is 33.2 Å². The average molecular weight is 449 g/mol. The lowest BCUT2D eigenvalue weighted by molar-refractivity contribution is 0.0941. The van der Waals surface area contributed by atoms with Crippen molar-refractivity contribution in [3.05, 3.63) is 63.9 Å². The van der Waals surface area contributed by atoms with Crippen LogP contribution in [0.2, 0.25) is 5.02 Å². The molecule has 2 aromatic rings. The molecule has 1 aromatic carbocycles. The van der Waals surface area contributed by atoms with Crippen molar-refractivity contribution < 1.29 is 13.2 Å². The van der Waals surface area contributed by atoms with Crippen LogP contribution in [-0.2, 0) is 9.84 Å². The number of carbonyl (C=O) groups is 1. The van der Waals surface area contributed by atoms with E-state index in [9.17, 15) is 13.2 Å². The van der Waals surface area contributed by atoms with Crippen LogP contribution < -0.4 is 10.2 Å². The number of halogens is 1. The molecule has 2 atom stereocenters. The molecule has 1 aromatic heterocycles. The molecule has 1 N–H and O–H groups in total. The first-order chi connectivity index (χ1) is 14.2. The van der Waals surface area contributed by atoms with Crippen molar-refractivity contribution in [2.24, 2.45) is 0 Å². The normalized spacial score (nSPS) is 18.0. The zero-order valence-corrected chi connectivity index (χ0v) is 18.7. The first kappa shape index (κ1) is 22.2. The van der Waals surface area contributed by atoms with Crippen molar-refractivity contribution in [3.8, 4) is 0 Å². The summed E-state index contributed by atoms with van der Waals surface area (Å²) in [5.74, 6) is 0.325. The highest BCUT2D eigenvalue weighted by Gasteiger charge is 2.30. The lowest BCUT2D eigenvalue weighted by Crippen LogP contribution is -2.32. The van der Waals surface area contributed by atoms with Crippen LogP contribution in [0.15, 0.2) is 41.9 Å². The van der Waals surface area contributed by atoms with Gasteiger partial charge >= 0.3 is 0 Å². The van der Waals surface area contributed by atoms with Crippen LogP contribution >= 0.6 is 11.6 Å². The van der Waals surface area contributed by atoms with Gasteiger partial charge in [-0.3, -0.25) is 4.79 Å². The second-order valence-electron chi connectivity index (χ2n) is 7.46. The minimum absolute atomic E-state index is 0.118. The zero-order chi connectivity index (χ0) is 21.9. The molecule has 0 radical (unpaired) electrons. The van der Waals surface area contributed by atoms with Gasteiger partial charge in [0.15, 0.2) is 15.7 Å². The van der Waals surface area contributed by atoms with Crippen LogP contribution in [0.5, 0.6) is 0 Å². The van der Waals surface area contributed by atoms with Gasteiger partial charge in [-0.05, 0) is 38.3 Å². The number of aromatic nitrogens is 2. The number of benzene rings is 1. The fourth-order valence-corrected chi connectivity index (χ4v) is 4.33. The van der Waals surface area contributed by atoms with Gasteiger partial charge in [0.25, 0.3) is 5.91 Å². The third-order valence-corrected chi connectivity index (χ3v) is 5.91. The molecule has 2 heterocycles. The molecule has 7 nitrogen and oxygen atoms in total. The van der Waals surface area contributed by atoms with Gasteiger partial charge in [-0.1, -0.05) is 35.9 Å². The highest BCUT2D eigenvalue weighted by molar-refractivity contribution is 7.93. The molecule has 1 fully saturated rings. The van der Waals surface area contributed by atoms with Gasteiger partial charge < -0.3 is 10.2 Å². The molecule has 3 rings (SSSR count). The number of nitrogens with one attached hydrogen (secondary N) is 1. The number of aryl methyl sites for hydroxylation is 1. The lowest BCUT2D eigenvalue weighted by Gasteiger charge is -2.27. The number of carbonyl (C=O) groups excluding carboxylic acids is 1. The second-order valence-corrected chi connectivity index (χ2v) is 9.80. The Hall–Kier alpha value is -2.45. The van der Waals surface area contributed by atoms with Gasteiger partial charge in [-0.25, -0.2) is 18.4 Å². The molecule has 9 heteroatoms. The summed E-state index contributed by atoms with van der Waals surface area (Å²) in [6.07, 6.45) is 5.95. The summed E-state index contributed by atoms with van der Waals surface area (Å²) in [6, 6.07) is 7.46. The predicted octanol–water partition coefficient (Wildman–Crippen LogP) is 3.46. The smallest absolute Gasteiger partial charge is 0.271 e. The quantitative estimate of drug-likeness (QED) is 0.727. The number of rotatable bonds is 6. The molecule has 0 bridgehead atoms. The number of amides is 1. The van der Waals surface area contributed by atoms with Gasteiger partial charge in [0.2, 0.25) is 0 Å². The summed E-state index contributed by atoms with van der Waals surface area (Å²) in [6.45, 7) is 4.35. The number of sulfone groups is 1. The molecule has 0 spiro atoms. The Bertz CT molecular complexity index is 1070. The Morgan fingerprint density at radius 3 is 2.77 bits per heavy atom. The van der Waals surface area contributed by atoms with Gasteiger partial charge in [-0.2, -0.15) is 0 Å². The van der Waals surface area contributed by atoms with Crippen molar-refractivity contribution in [2.75, 3.05) is 17.7 Å². The molecule has 1 aliphatic heterocycles. The summed E-state index contributed by atoms with van der Waals surface area (Å²) in [5.41, 5.74) is 1.90. The number of anilines is 1. The topological polar surface area (TPSA) is 92.3 Å². The molecule has 0 aliphatic carbocycles. The Morgan fingerprint density at radius 2 is 2.10 bits per heavy atom. The molecule has 1 saturated heterocycles. The molecular formula is C21H25ClN4O3S. The van der Waals surface area contributed by atoms with Gasteiger partial charge in [0.05, 0.1) is 17.9 Å². The van der Waals surface area contributed by atoms with E-state index < -0.39 is 21.8 Å². The van der Waals surface area contributed by atoms with Gasteiger partial charge in [-0.15, -0.1) is 0 Å². The molecule has 0 unspecified atom stereocenters. The van der Waals surface area contributed by atoms with E-state index in [2.05, 4.69) is 20.2 Å². The Balaban J connectivity index is 1.77. The van der Waals surface area contributed by atoms with Crippen LogP contribution in [0.3, 0.4) is 0 Å². The summed E-state index contributed by atoms with van der Waals surface area (Å²) < 4.78 is 22.4. The summed E-state index contributed by atoms with van der Waals surface area (Å²) in [4.78, 5) is 23.6. The molecule has 1 amide bonds. The van der Waals surface area contributed by atoms with Crippen LogP contribution in [0.1, 0.15) is 47.6 Å². The third-order valence-electron chi connectivity index (χ3n) is 4.92. The van der Waals surface area contributed by atoms with E-state index in [1.54, 1.807) is 6.92 Å². The van der Waals surface area contributed by atoms with E-state index in [-0.39, 0.29) is 11.7 Å². The van der Waals surface area contributed by atoms with Crippen molar-refractivity contribution in [1.82, 2.24) is 15.3 Å². The predicted molar refractivity (Wildman–Crippen MR) is 118 cm³/mol. The first-order valence-electron chi connectivity index (χ1n) is 9.69. The fourth-order valence-electron chi connectivity index (χ4n) is 3.54. The van der Waals surface area contributed by atoms with Crippen LogP contribution in [0.4, 0.5) is 5.82 Å². The van der Waals surface area contributed by atoms with Crippen LogP contribution in [0, 0.1) is 6.92 Å². The highest BCUT2D eigenvalue weighted by Crippen LogP contribution is 2.38. The van der Waals surface area contributed by atoms with E-state index in [0.29, 0.717) is 5.69 Å². The van der Waals surface area contributed by atoms with E-state index in [4.69, 9.17) is 11.6 Å². The van der Waals surface area contributed by atoms with E-state index in [0.717, 1.165) is 47.5 Å². The number of nitrogens with zero attached hydrogens (tertiary/aromatic N) is 3. The maximum Gasteiger partial charge on any atom is 0.271 e. The SMILES string of the molecule is Cc1nc(C(=O)N[C@H](C)/C=C/S(C)(=O)=O)cnc1N1CCC[C@H]1c1ccccc1Cl. The van der Waals surface area contributed by atoms with Crippen molar-refractivity contribution in [3.63, 3.8) is 0 Å². The number of hydrogen-bond acceptors (Lipinski definition) is 6. The third kappa shape index (κ3) is 5.37.